The fourth-order valence-electron chi connectivity index (χ4n) is 8.05. The summed E-state index contributed by atoms with van der Waals surface area (Å²) >= 11 is 0. The van der Waals surface area contributed by atoms with Crippen molar-refractivity contribution in [1.29, 1.82) is 0 Å². The Morgan fingerprint density at radius 2 is 1.20 bits per heavy atom. The average Bonchev–Trinajstić information content (AvgIpc) is 3.79. The molecule has 1 aliphatic heterocycles. The molecule has 0 amide bonds. The smallest absolute Gasteiger partial charge is 0.159 e. The van der Waals surface area contributed by atoms with Gasteiger partial charge in [-0.25, -0.2) is 9.98 Å². The number of rotatable bonds is 5. The highest BCUT2D eigenvalue weighted by atomic mass is 16.3. The van der Waals surface area contributed by atoms with Crippen LogP contribution in [0.3, 0.4) is 0 Å². The van der Waals surface area contributed by atoms with E-state index in [1.807, 2.05) is 24.3 Å². The van der Waals surface area contributed by atoms with E-state index in [9.17, 15) is 0 Å². The van der Waals surface area contributed by atoms with Crippen LogP contribution in [0.1, 0.15) is 22.9 Å². The normalized spacial score (nSPS) is 14.5. The molecule has 1 unspecified atom stereocenters. The van der Waals surface area contributed by atoms with Crippen molar-refractivity contribution in [1.82, 2.24) is 9.88 Å². The highest BCUT2D eigenvalue weighted by molar-refractivity contribution is 6.19. The fourth-order valence-corrected chi connectivity index (χ4v) is 8.05. The molecule has 1 N–H and O–H groups in total. The van der Waals surface area contributed by atoms with Crippen molar-refractivity contribution in [2.45, 2.75) is 6.17 Å². The van der Waals surface area contributed by atoms with Crippen LogP contribution in [0.25, 0.3) is 71.3 Å². The molecule has 11 rings (SSSR count). The Labute approximate surface area is 311 Å². The third-order valence-corrected chi connectivity index (χ3v) is 10.6. The molecule has 1 aliphatic rings. The van der Waals surface area contributed by atoms with Gasteiger partial charge in [-0.2, -0.15) is 0 Å². The Morgan fingerprint density at radius 3 is 2.07 bits per heavy atom. The van der Waals surface area contributed by atoms with E-state index in [1.165, 1.54) is 32.6 Å². The Kier molecular flexibility index (Phi) is 6.85. The molecule has 0 radical (unpaired) electrons. The number of fused-ring (bicyclic) bond motifs is 8. The maximum Gasteiger partial charge on any atom is 0.159 e. The predicted octanol–water partition coefficient (Wildman–Crippen LogP) is 12.0. The summed E-state index contributed by atoms with van der Waals surface area (Å²) in [5, 5.41) is 10.7. The number of aromatic nitrogens is 1. The first-order valence-electron chi connectivity index (χ1n) is 18.3. The largest absolute Gasteiger partial charge is 0.456 e. The summed E-state index contributed by atoms with van der Waals surface area (Å²) < 4.78 is 8.98. The van der Waals surface area contributed by atoms with Crippen LogP contribution in [0.2, 0.25) is 0 Å². The molecule has 5 nitrogen and oxygen atoms in total. The Bertz CT molecular complexity index is 3140. The lowest BCUT2D eigenvalue weighted by Gasteiger charge is -2.24. The van der Waals surface area contributed by atoms with Gasteiger partial charge in [0.05, 0.1) is 11.0 Å². The maximum absolute atomic E-state index is 6.57. The molecule has 0 spiro atoms. The van der Waals surface area contributed by atoms with Gasteiger partial charge in [-0.05, 0) is 52.9 Å². The van der Waals surface area contributed by atoms with E-state index in [2.05, 4.69) is 168 Å². The van der Waals surface area contributed by atoms with E-state index in [0.717, 1.165) is 61.3 Å². The van der Waals surface area contributed by atoms with Crippen molar-refractivity contribution in [3.05, 3.63) is 199 Å². The van der Waals surface area contributed by atoms with Crippen molar-refractivity contribution in [2.75, 3.05) is 0 Å². The second-order valence-corrected chi connectivity index (χ2v) is 13.8. The minimum atomic E-state index is -0.368. The van der Waals surface area contributed by atoms with E-state index in [-0.39, 0.29) is 6.17 Å². The zero-order valence-electron chi connectivity index (χ0n) is 29.1. The molecule has 0 saturated heterocycles. The number of amidine groups is 2. The predicted molar refractivity (Wildman–Crippen MR) is 223 cm³/mol. The van der Waals surface area contributed by atoms with Crippen LogP contribution in [-0.4, -0.2) is 16.2 Å². The number of furan rings is 1. The lowest BCUT2D eigenvalue weighted by Crippen LogP contribution is -2.33. The van der Waals surface area contributed by atoms with Crippen LogP contribution in [0.15, 0.2) is 196 Å². The molecular weight excluding hydrogens is 661 g/mol. The van der Waals surface area contributed by atoms with Gasteiger partial charge in [-0.1, -0.05) is 146 Å². The molecule has 254 valence electrons. The van der Waals surface area contributed by atoms with E-state index in [1.54, 1.807) is 0 Å². The van der Waals surface area contributed by atoms with Crippen molar-refractivity contribution >= 4 is 66.2 Å². The number of aliphatic imine (C=N–C) groups is 2. The van der Waals surface area contributed by atoms with Crippen molar-refractivity contribution in [2.24, 2.45) is 9.98 Å². The molecule has 2 aromatic heterocycles. The average molecular weight is 693 g/mol. The lowest BCUT2D eigenvalue weighted by molar-refractivity contribution is 0.655. The highest BCUT2D eigenvalue weighted by Crippen LogP contribution is 2.39. The number of nitrogens with zero attached hydrogens (tertiary/aromatic N) is 3. The molecule has 8 aromatic carbocycles. The summed E-state index contributed by atoms with van der Waals surface area (Å²) in [6.07, 6.45) is -0.368. The van der Waals surface area contributed by atoms with Gasteiger partial charge < -0.3 is 14.3 Å². The topological polar surface area (TPSA) is 54.8 Å². The van der Waals surface area contributed by atoms with Gasteiger partial charge in [0, 0.05) is 49.3 Å². The van der Waals surface area contributed by atoms with Crippen LogP contribution < -0.4 is 5.32 Å². The number of hydrogen-bond donors (Lipinski definition) is 1. The number of benzene rings is 8. The molecule has 0 aliphatic carbocycles. The van der Waals surface area contributed by atoms with E-state index >= 15 is 0 Å². The van der Waals surface area contributed by atoms with Gasteiger partial charge in [-0.3, -0.25) is 0 Å². The molecule has 5 heteroatoms. The fraction of sp³-hybridized carbons (Fsp3) is 0.0204. The highest BCUT2D eigenvalue weighted by Gasteiger charge is 2.23. The van der Waals surface area contributed by atoms with E-state index < -0.39 is 0 Å². The molecule has 0 saturated carbocycles. The first-order valence-corrected chi connectivity index (χ1v) is 18.3. The van der Waals surface area contributed by atoms with Crippen LogP contribution >= 0.6 is 0 Å². The number of hydrogen-bond acceptors (Lipinski definition) is 4. The minimum Gasteiger partial charge on any atom is -0.456 e. The number of para-hydroxylation sites is 1. The third-order valence-electron chi connectivity index (χ3n) is 10.6. The quantitative estimate of drug-likeness (QED) is 0.195. The molecule has 0 fully saturated rings. The molecule has 3 heterocycles. The van der Waals surface area contributed by atoms with E-state index in [4.69, 9.17) is 14.4 Å². The number of nitrogens with one attached hydrogen (secondary N) is 1. The first-order chi connectivity index (χ1) is 26.7. The van der Waals surface area contributed by atoms with Crippen molar-refractivity contribution in [3.8, 4) is 16.8 Å². The molecule has 0 bridgehead atoms. The summed E-state index contributed by atoms with van der Waals surface area (Å²) in [5.74, 6) is 1.46. The van der Waals surface area contributed by atoms with Gasteiger partial charge in [0.15, 0.2) is 5.84 Å². The van der Waals surface area contributed by atoms with Gasteiger partial charge >= 0.3 is 0 Å². The Balaban J connectivity index is 1.02. The molecule has 10 aromatic rings. The van der Waals surface area contributed by atoms with Crippen molar-refractivity contribution < 1.29 is 4.42 Å². The van der Waals surface area contributed by atoms with Gasteiger partial charge in [0.1, 0.15) is 23.2 Å². The van der Waals surface area contributed by atoms with Crippen LogP contribution in [0, 0.1) is 0 Å². The second-order valence-electron chi connectivity index (χ2n) is 13.8. The van der Waals surface area contributed by atoms with Gasteiger partial charge in [0.25, 0.3) is 0 Å². The minimum absolute atomic E-state index is 0.368. The zero-order chi connectivity index (χ0) is 35.6. The lowest BCUT2D eigenvalue weighted by atomic mass is 10.0. The third kappa shape index (κ3) is 4.94. The summed E-state index contributed by atoms with van der Waals surface area (Å²) in [4.78, 5) is 10.2. The summed E-state index contributed by atoms with van der Waals surface area (Å²) in [6, 6.07) is 63.9. The SMILES string of the molecule is c1ccc(C2=NC(c3ccc4c(c3)oc3ccc(-n5c6ccccc6c6ccc7ccccc7c65)cc34)NC(c3cccc(-c4ccccc4)c3)=N2)cc1. The standard InChI is InChI=1S/C49H32N4O/c1-3-12-31(13-4-1)34-17-11-18-35(28-34)48-50-47(33-15-5-2-6-16-33)51-49(52-48)36-23-25-40-42-30-37(24-27-44(42)54-45(40)29-36)53-43-21-10-9-20-39(43)41-26-22-32-14-7-8-19-38(32)46(41)53/h1-30,49H,(H,50,51,52). The molecule has 1 atom stereocenters. The summed E-state index contributed by atoms with van der Waals surface area (Å²) in [5.41, 5.74) is 10.4. The van der Waals surface area contributed by atoms with Crippen LogP contribution in [-0.2, 0) is 0 Å². The van der Waals surface area contributed by atoms with Gasteiger partial charge in [-0.15, -0.1) is 0 Å². The summed E-state index contributed by atoms with van der Waals surface area (Å²) in [6.45, 7) is 0. The Hall–Kier alpha value is -7.24. The van der Waals surface area contributed by atoms with Gasteiger partial charge in [0.2, 0.25) is 0 Å². The Morgan fingerprint density at radius 1 is 0.481 bits per heavy atom. The van der Waals surface area contributed by atoms with Crippen LogP contribution in [0.4, 0.5) is 0 Å². The molecule has 54 heavy (non-hydrogen) atoms. The zero-order valence-corrected chi connectivity index (χ0v) is 29.1. The van der Waals surface area contributed by atoms with Crippen molar-refractivity contribution in [3.63, 3.8) is 0 Å². The maximum atomic E-state index is 6.57. The van der Waals surface area contributed by atoms with E-state index in [0.29, 0.717) is 5.84 Å². The summed E-state index contributed by atoms with van der Waals surface area (Å²) in [7, 11) is 0. The monoisotopic (exact) mass is 692 g/mol. The second kappa shape index (κ2) is 12.2. The first kappa shape index (κ1) is 30.4. The molecular formula is C49H32N4O. The van der Waals surface area contributed by atoms with Crippen LogP contribution in [0.5, 0.6) is 0 Å².